The highest BCUT2D eigenvalue weighted by atomic mass is 32.1. The van der Waals surface area contributed by atoms with E-state index < -0.39 is 54.2 Å². The number of aromatic nitrogens is 1. The van der Waals surface area contributed by atoms with E-state index in [0.717, 1.165) is 12.1 Å². The summed E-state index contributed by atoms with van der Waals surface area (Å²) in [6.45, 7) is 4.07. The van der Waals surface area contributed by atoms with E-state index in [-0.39, 0.29) is 67.1 Å². The fourth-order valence-corrected chi connectivity index (χ4v) is 5.32. The summed E-state index contributed by atoms with van der Waals surface area (Å²) in [5, 5.41) is 25.0. The smallest absolute Gasteiger partial charge is 0.409 e. The molecule has 3 heterocycles. The number of halogens is 1. The molecule has 0 bridgehead atoms. The van der Waals surface area contributed by atoms with Crippen molar-refractivity contribution in [2.45, 2.75) is 38.8 Å². The Morgan fingerprint density at radius 3 is 2.41 bits per heavy atom. The normalized spacial score (nSPS) is 14.5. The van der Waals surface area contributed by atoms with Crippen LogP contribution in [0.25, 0.3) is 10.9 Å². The maximum absolute atomic E-state index is 14.6. The standard InChI is InChI=1S/C29H31FN4O9S/c1-3-42-29(41)34-9-7-33(8-10-34)27(38)20(4-5-24(35)36)32-26(37)22-14-23(18-13-19(30)16(2)12-21(18)31-22)43-25(28(39)40)17-6-11-44-15-17/h6,11-15,20,25H,3-5,7-10H2,1-2H3,(H,32,37)(H,35,36)(H,39,40). The van der Waals surface area contributed by atoms with Crippen LogP contribution < -0.4 is 10.1 Å². The number of hydrogen-bond acceptors (Lipinski definition) is 9. The molecule has 0 saturated carbocycles. The lowest BCUT2D eigenvalue weighted by atomic mass is 10.1. The van der Waals surface area contributed by atoms with E-state index in [0.29, 0.717) is 5.56 Å². The second-order valence-corrected chi connectivity index (χ2v) is 10.8. The molecule has 1 aromatic carbocycles. The number of rotatable bonds is 11. The fraction of sp³-hybridized carbons (Fsp3) is 0.379. The number of nitrogens with one attached hydrogen (secondary N) is 1. The predicted molar refractivity (Wildman–Crippen MR) is 155 cm³/mol. The fourth-order valence-electron chi connectivity index (χ4n) is 4.65. The molecule has 2 aromatic heterocycles. The van der Waals surface area contributed by atoms with Gasteiger partial charge in [-0.05, 0) is 54.8 Å². The number of carboxylic acid groups (broad SMARTS) is 2. The van der Waals surface area contributed by atoms with Crippen molar-refractivity contribution in [3.8, 4) is 5.75 Å². The van der Waals surface area contributed by atoms with Gasteiger partial charge in [0, 0.05) is 49.6 Å². The summed E-state index contributed by atoms with van der Waals surface area (Å²) < 4.78 is 25.4. The zero-order valence-corrected chi connectivity index (χ0v) is 24.8. The molecule has 13 nitrogen and oxygen atoms in total. The number of aliphatic carboxylic acids is 2. The Hall–Kier alpha value is -4.79. The minimum absolute atomic E-state index is 0.124. The van der Waals surface area contributed by atoms with E-state index >= 15 is 0 Å². The number of benzene rings is 1. The summed E-state index contributed by atoms with van der Waals surface area (Å²) in [6, 6.07) is 3.99. The lowest BCUT2D eigenvalue weighted by molar-refractivity contribution is -0.145. The molecular formula is C29H31FN4O9S. The number of carboxylic acids is 2. The molecule has 1 fully saturated rings. The number of hydrogen-bond donors (Lipinski definition) is 3. The lowest BCUT2D eigenvalue weighted by Crippen LogP contribution is -2.56. The zero-order chi connectivity index (χ0) is 32.0. The van der Waals surface area contributed by atoms with Crippen molar-refractivity contribution in [2.75, 3.05) is 32.8 Å². The predicted octanol–water partition coefficient (Wildman–Crippen LogP) is 3.21. The van der Waals surface area contributed by atoms with Gasteiger partial charge in [-0.3, -0.25) is 14.4 Å². The summed E-state index contributed by atoms with van der Waals surface area (Å²) in [5.74, 6) is -4.59. The summed E-state index contributed by atoms with van der Waals surface area (Å²) >= 11 is 1.26. The number of thiophene rings is 1. The Kier molecular flexibility index (Phi) is 10.3. The number of aryl methyl sites for hydroxylation is 1. The topological polar surface area (TPSA) is 176 Å². The van der Waals surface area contributed by atoms with Gasteiger partial charge in [-0.1, -0.05) is 0 Å². The van der Waals surface area contributed by atoms with Crippen LogP contribution in [0.2, 0.25) is 0 Å². The third-order valence-corrected chi connectivity index (χ3v) is 7.67. The molecule has 1 saturated heterocycles. The molecule has 2 atom stereocenters. The highest BCUT2D eigenvalue weighted by Crippen LogP contribution is 2.32. The van der Waals surface area contributed by atoms with Crippen LogP contribution in [0.4, 0.5) is 9.18 Å². The molecule has 4 rings (SSSR count). The molecule has 3 N–H and O–H groups in total. The van der Waals surface area contributed by atoms with Gasteiger partial charge in [-0.2, -0.15) is 11.3 Å². The monoisotopic (exact) mass is 630 g/mol. The number of ether oxygens (including phenoxy) is 2. The van der Waals surface area contributed by atoms with Gasteiger partial charge in [0.2, 0.25) is 12.0 Å². The van der Waals surface area contributed by atoms with E-state index in [2.05, 4.69) is 10.3 Å². The van der Waals surface area contributed by atoms with Crippen molar-refractivity contribution in [1.82, 2.24) is 20.1 Å². The van der Waals surface area contributed by atoms with Gasteiger partial charge in [0.1, 0.15) is 23.3 Å². The van der Waals surface area contributed by atoms with E-state index in [1.54, 1.807) is 23.8 Å². The van der Waals surface area contributed by atoms with Gasteiger partial charge in [0.15, 0.2) is 0 Å². The minimum Gasteiger partial charge on any atom is -0.481 e. The Morgan fingerprint density at radius 2 is 1.80 bits per heavy atom. The zero-order valence-electron chi connectivity index (χ0n) is 23.9. The van der Waals surface area contributed by atoms with Crippen LogP contribution in [0.15, 0.2) is 35.0 Å². The first kappa shape index (κ1) is 32.1. The van der Waals surface area contributed by atoms with E-state index in [1.165, 1.54) is 34.1 Å². The minimum atomic E-state index is -1.47. The molecule has 15 heteroatoms. The SMILES string of the molecule is CCOC(=O)N1CCN(C(=O)C(CCC(=O)O)NC(=O)c2cc(OC(C(=O)O)c3ccsc3)c3cc(F)c(C)cc3n2)CC1. The quantitative estimate of drug-likeness (QED) is 0.285. The summed E-state index contributed by atoms with van der Waals surface area (Å²) in [5.41, 5.74) is 0.448. The van der Waals surface area contributed by atoms with E-state index in [9.17, 15) is 38.6 Å². The average Bonchev–Trinajstić information content (AvgIpc) is 3.52. The Balaban J connectivity index is 1.61. The van der Waals surface area contributed by atoms with Crippen LogP contribution in [-0.4, -0.2) is 93.7 Å². The number of nitrogens with zero attached hydrogens (tertiary/aromatic N) is 3. The molecule has 3 amide bonds. The molecule has 0 aliphatic carbocycles. The molecule has 1 aliphatic rings. The van der Waals surface area contributed by atoms with Crippen molar-refractivity contribution in [1.29, 1.82) is 0 Å². The van der Waals surface area contributed by atoms with E-state index in [4.69, 9.17) is 9.47 Å². The number of pyridine rings is 1. The van der Waals surface area contributed by atoms with Crippen LogP contribution in [0.3, 0.4) is 0 Å². The second-order valence-electron chi connectivity index (χ2n) is 9.99. The molecule has 2 unspecified atom stereocenters. The van der Waals surface area contributed by atoms with Gasteiger partial charge < -0.3 is 34.8 Å². The van der Waals surface area contributed by atoms with Crippen LogP contribution in [0.1, 0.15) is 47.5 Å². The number of carbonyl (C=O) groups is 5. The van der Waals surface area contributed by atoms with Gasteiger partial charge in [-0.25, -0.2) is 19.0 Å². The largest absolute Gasteiger partial charge is 0.481 e. The third kappa shape index (κ3) is 7.58. The highest BCUT2D eigenvalue weighted by molar-refractivity contribution is 7.08. The van der Waals surface area contributed by atoms with Crippen molar-refractivity contribution < 1.29 is 48.0 Å². The molecular weight excluding hydrogens is 599 g/mol. The van der Waals surface area contributed by atoms with Gasteiger partial charge in [0.25, 0.3) is 5.91 Å². The lowest BCUT2D eigenvalue weighted by Gasteiger charge is -2.35. The highest BCUT2D eigenvalue weighted by Gasteiger charge is 2.32. The molecule has 234 valence electrons. The second kappa shape index (κ2) is 14.1. The average molecular weight is 631 g/mol. The maximum atomic E-state index is 14.6. The molecule has 0 radical (unpaired) electrons. The Bertz CT molecular complexity index is 1560. The van der Waals surface area contributed by atoms with Crippen LogP contribution in [0, 0.1) is 12.7 Å². The van der Waals surface area contributed by atoms with Gasteiger partial charge >= 0.3 is 18.0 Å². The Morgan fingerprint density at radius 1 is 1.09 bits per heavy atom. The van der Waals surface area contributed by atoms with Crippen LogP contribution in [-0.2, 0) is 19.1 Å². The first-order valence-electron chi connectivity index (χ1n) is 13.7. The number of fused-ring (bicyclic) bond motifs is 1. The molecule has 0 spiro atoms. The number of carbonyl (C=O) groups excluding carboxylic acids is 3. The third-order valence-electron chi connectivity index (χ3n) is 6.97. The van der Waals surface area contributed by atoms with Crippen molar-refractivity contribution >= 4 is 52.1 Å². The van der Waals surface area contributed by atoms with Crippen LogP contribution >= 0.6 is 11.3 Å². The summed E-state index contributed by atoms with van der Waals surface area (Å²) in [4.78, 5) is 69.5. The summed E-state index contributed by atoms with van der Waals surface area (Å²) in [6.07, 6.45) is -2.61. The van der Waals surface area contributed by atoms with Crippen molar-refractivity contribution in [2.24, 2.45) is 0 Å². The molecule has 44 heavy (non-hydrogen) atoms. The number of piperazine rings is 1. The molecule has 3 aromatic rings. The van der Waals surface area contributed by atoms with Gasteiger partial charge in [0.05, 0.1) is 12.1 Å². The first-order valence-corrected chi connectivity index (χ1v) is 14.7. The van der Waals surface area contributed by atoms with Gasteiger partial charge in [-0.15, -0.1) is 0 Å². The Labute approximate surface area is 255 Å². The van der Waals surface area contributed by atoms with Crippen molar-refractivity contribution in [3.63, 3.8) is 0 Å². The van der Waals surface area contributed by atoms with Crippen LogP contribution in [0.5, 0.6) is 5.75 Å². The first-order chi connectivity index (χ1) is 21.0. The van der Waals surface area contributed by atoms with Crippen molar-refractivity contribution in [3.05, 3.63) is 57.7 Å². The summed E-state index contributed by atoms with van der Waals surface area (Å²) in [7, 11) is 0. The maximum Gasteiger partial charge on any atom is 0.409 e. The number of amides is 3. The van der Waals surface area contributed by atoms with E-state index in [1.807, 2.05) is 0 Å². The molecule has 1 aliphatic heterocycles.